The molecule has 66 valence electrons. The average Bonchev–Trinajstić information content (AvgIpc) is 2.38. The summed E-state index contributed by atoms with van der Waals surface area (Å²) in [6.45, 7) is 4.17. The van der Waals surface area contributed by atoms with Crippen LogP contribution in [0.25, 0.3) is 0 Å². The van der Waals surface area contributed by atoms with Crippen LogP contribution in [0.1, 0.15) is 52.4 Å². The molecule has 1 nitrogen and oxygen atoms in total. The van der Waals surface area contributed by atoms with E-state index in [1.165, 1.54) is 38.5 Å². The van der Waals surface area contributed by atoms with Crippen LogP contribution >= 0.6 is 0 Å². The van der Waals surface area contributed by atoms with Gasteiger partial charge in [-0.25, -0.2) is 0 Å². The number of hydrogen-bond donors (Lipinski definition) is 1. The van der Waals surface area contributed by atoms with E-state index in [4.69, 9.17) is 0 Å². The second-order valence-corrected chi connectivity index (χ2v) is 4.00. The SMILES string of the molecule is CCCC1(C(C)O)CCCC1. The van der Waals surface area contributed by atoms with Crippen molar-refractivity contribution in [2.45, 2.75) is 58.5 Å². The largest absolute Gasteiger partial charge is 0.393 e. The lowest BCUT2D eigenvalue weighted by Crippen LogP contribution is -2.29. The minimum Gasteiger partial charge on any atom is -0.393 e. The Morgan fingerprint density at radius 2 is 1.91 bits per heavy atom. The smallest absolute Gasteiger partial charge is 0.0568 e. The van der Waals surface area contributed by atoms with Gasteiger partial charge in [0.15, 0.2) is 0 Å². The molecule has 1 fully saturated rings. The van der Waals surface area contributed by atoms with Gasteiger partial charge in [0.1, 0.15) is 0 Å². The first-order chi connectivity index (χ1) is 5.21. The van der Waals surface area contributed by atoms with E-state index < -0.39 is 0 Å². The van der Waals surface area contributed by atoms with E-state index in [2.05, 4.69) is 6.92 Å². The molecule has 0 spiro atoms. The highest BCUT2D eigenvalue weighted by molar-refractivity contribution is 4.88. The maximum atomic E-state index is 9.63. The van der Waals surface area contributed by atoms with Crippen molar-refractivity contribution in [3.8, 4) is 0 Å². The molecule has 11 heavy (non-hydrogen) atoms. The van der Waals surface area contributed by atoms with Crippen molar-refractivity contribution >= 4 is 0 Å². The van der Waals surface area contributed by atoms with Crippen molar-refractivity contribution in [1.29, 1.82) is 0 Å². The Labute approximate surface area is 69.8 Å². The lowest BCUT2D eigenvalue weighted by Gasteiger charge is -2.31. The molecule has 1 rings (SSSR count). The van der Waals surface area contributed by atoms with Crippen LogP contribution in [-0.2, 0) is 0 Å². The van der Waals surface area contributed by atoms with Crippen LogP contribution in [0.15, 0.2) is 0 Å². The summed E-state index contributed by atoms with van der Waals surface area (Å²) in [5.74, 6) is 0. The van der Waals surface area contributed by atoms with Gasteiger partial charge in [0, 0.05) is 0 Å². The first kappa shape index (κ1) is 9.05. The van der Waals surface area contributed by atoms with Crippen LogP contribution in [0.3, 0.4) is 0 Å². The third-order valence-corrected chi connectivity index (χ3v) is 3.23. The Hall–Kier alpha value is -0.0400. The maximum Gasteiger partial charge on any atom is 0.0568 e. The highest BCUT2D eigenvalue weighted by Crippen LogP contribution is 2.44. The lowest BCUT2D eigenvalue weighted by molar-refractivity contribution is 0.0357. The average molecular weight is 156 g/mol. The van der Waals surface area contributed by atoms with Gasteiger partial charge in [0.05, 0.1) is 6.10 Å². The zero-order valence-corrected chi connectivity index (χ0v) is 7.77. The van der Waals surface area contributed by atoms with Gasteiger partial charge in [-0.1, -0.05) is 26.2 Å². The van der Waals surface area contributed by atoms with E-state index in [9.17, 15) is 5.11 Å². The number of rotatable bonds is 3. The summed E-state index contributed by atoms with van der Waals surface area (Å²) in [7, 11) is 0. The van der Waals surface area contributed by atoms with Crippen LogP contribution < -0.4 is 0 Å². The third kappa shape index (κ3) is 1.76. The first-order valence-electron chi connectivity index (χ1n) is 4.89. The van der Waals surface area contributed by atoms with Crippen LogP contribution in [0.2, 0.25) is 0 Å². The minimum absolute atomic E-state index is 0.0926. The molecule has 0 heterocycles. The van der Waals surface area contributed by atoms with Gasteiger partial charge in [-0.15, -0.1) is 0 Å². The second kappa shape index (κ2) is 3.57. The van der Waals surface area contributed by atoms with Crippen LogP contribution in [0.5, 0.6) is 0 Å². The molecule has 0 radical (unpaired) electrons. The molecule has 1 unspecified atom stereocenters. The fourth-order valence-electron chi connectivity index (χ4n) is 2.45. The maximum absolute atomic E-state index is 9.63. The first-order valence-corrected chi connectivity index (χ1v) is 4.89. The molecule has 1 aliphatic carbocycles. The Kier molecular flexibility index (Phi) is 2.94. The van der Waals surface area contributed by atoms with Crippen LogP contribution in [-0.4, -0.2) is 11.2 Å². The summed E-state index contributed by atoms with van der Waals surface area (Å²) >= 11 is 0. The molecule has 1 saturated carbocycles. The van der Waals surface area contributed by atoms with Crippen molar-refractivity contribution in [2.24, 2.45) is 5.41 Å². The molecule has 1 aliphatic rings. The predicted octanol–water partition coefficient (Wildman–Crippen LogP) is 2.73. The summed E-state index contributed by atoms with van der Waals surface area (Å²) in [4.78, 5) is 0. The van der Waals surface area contributed by atoms with Crippen LogP contribution in [0, 0.1) is 5.41 Å². The van der Waals surface area contributed by atoms with Gasteiger partial charge < -0.3 is 5.11 Å². The fraction of sp³-hybridized carbons (Fsp3) is 1.00. The normalized spacial score (nSPS) is 25.4. The molecule has 0 saturated heterocycles. The van der Waals surface area contributed by atoms with E-state index in [0.29, 0.717) is 5.41 Å². The van der Waals surface area contributed by atoms with Crippen LogP contribution in [0.4, 0.5) is 0 Å². The van der Waals surface area contributed by atoms with Gasteiger partial charge in [-0.3, -0.25) is 0 Å². The molecule has 0 aromatic carbocycles. The molecule has 1 atom stereocenters. The Bertz CT molecular complexity index is 112. The number of aliphatic hydroxyl groups is 1. The lowest BCUT2D eigenvalue weighted by atomic mass is 9.77. The summed E-state index contributed by atoms with van der Waals surface area (Å²) < 4.78 is 0. The Balaban J connectivity index is 2.55. The summed E-state index contributed by atoms with van der Waals surface area (Å²) in [6, 6.07) is 0. The summed E-state index contributed by atoms with van der Waals surface area (Å²) in [5.41, 5.74) is 0.300. The third-order valence-electron chi connectivity index (χ3n) is 3.23. The quantitative estimate of drug-likeness (QED) is 0.666. The van der Waals surface area contributed by atoms with Gasteiger partial charge in [-0.05, 0) is 31.6 Å². The molecule has 1 N–H and O–H groups in total. The summed E-state index contributed by atoms with van der Waals surface area (Å²) in [6.07, 6.45) is 7.48. The van der Waals surface area contributed by atoms with E-state index in [1.54, 1.807) is 0 Å². The van der Waals surface area contributed by atoms with Crippen molar-refractivity contribution in [3.63, 3.8) is 0 Å². The Morgan fingerprint density at radius 3 is 2.27 bits per heavy atom. The predicted molar refractivity (Wildman–Crippen MR) is 47.5 cm³/mol. The van der Waals surface area contributed by atoms with E-state index in [0.717, 1.165) is 0 Å². The van der Waals surface area contributed by atoms with Crippen molar-refractivity contribution < 1.29 is 5.11 Å². The zero-order chi connectivity index (χ0) is 8.32. The molecule has 0 aromatic rings. The number of aliphatic hydroxyl groups excluding tert-OH is 1. The van der Waals surface area contributed by atoms with Crippen molar-refractivity contribution in [3.05, 3.63) is 0 Å². The highest BCUT2D eigenvalue weighted by atomic mass is 16.3. The second-order valence-electron chi connectivity index (χ2n) is 4.00. The monoisotopic (exact) mass is 156 g/mol. The fourth-order valence-corrected chi connectivity index (χ4v) is 2.45. The van der Waals surface area contributed by atoms with E-state index in [1.807, 2.05) is 6.92 Å². The summed E-state index contributed by atoms with van der Waals surface area (Å²) in [5, 5.41) is 9.63. The number of hydrogen-bond acceptors (Lipinski definition) is 1. The zero-order valence-electron chi connectivity index (χ0n) is 7.77. The van der Waals surface area contributed by atoms with E-state index in [-0.39, 0.29) is 6.10 Å². The molecule has 0 bridgehead atoms. The van der Waals surface area contributed by atoms with Crippen molar-refractivity contribution in [2.75, 3.05) is 0 Å². The molecule has 0 aromatic heterocycles. The Morgan fingerprint density at radius 1 is 1.36 bits per heavy atom. The van der Waals surface area contributed by atoms with E-state index >= 15 is 0 Å². The van der Waals surface area contributed by atoms with Crippen molar-refractivity contribution in [1.82, 2.24) is 0 Å². The topological polar surface area (TPSA) is 20.2 Å². The van der Waals surface area contributed by atoms with Gasteiger partial charge >= 0.3 is 0 Å². The minimum atomic E-state index is -0.0926. The molecule has 1 heteroatoms. The van der Waals surface area contributed by atoms with Gasteiger partial charge in [0.2, 0.25) is 0 Å². The standard InChI is InChI=1S/C10H20O/c1-3-6-10(9(2)11)7-4-5-8-10/h9,11H,3-8H2,1-2H3. The molecule has 0 amide bonds. The highest BCUT2D eigenvalue weighted by Gasteiger charge is 2.36. The van der Waals surface area contributed by atoms with Gasteiger partial charge in [0.25, 0.3) is 0 Å². The molecule has 0 aliphatic heterocycles. The molecular weight excluding hydrogens is 136 g/mol. The molecular formula is C10H20O. The van der Waals surface area contributed by atoms with Gasteiger partial charge in [-0.2, -0.15) is 0 Å².